The predicted octanol–water partition coefficient (Wildman–Crippen LogP) is 2.05. The van der Waals surface area contributed by atoms with E-state index in [2.05, 4.69) is 10.5 Å². The van der Waals surface area contributed by atoms with Crippen LogP contribution in [0.4, 0.5) is 26.3 Å². The zero-order valence-corrected chi connectivity index (χ0v) is 7.15. The third kappa shape index (κ3) is 2.24. The summed E-state index contributed by atoms with van der Waals surface area (Å²) in [6, 6.07) is 0. The molecule has 0 unspecified atom stereocenters. The summed E-state index contributed by atoms with van der Waals surface area (Å²) in [5.41, 5.74) is 0.229. The van der Waals surface area contributed by atoms with Crippen LogP contribution in [0.1, 0.15) is 0 Å². The molecule has 1 heterocycles. The minimum absolute atomic E-state index is 0.194. The van der Waals surface area contributed by atoms with E-state index in [1.165, 1.54) is 0 Å². The maximum atomic E-state index is 12.6. The van der Waals surface area contributed by atoms with Crippen LogP contribution in [0.3, 0.4) is 0 Å². The van der Waals surface area contributed by atoms with Crippen molar-refractivity contribution in [2.75, 3.05) is 13.3 Å². The summed E-state index contributed by atoms with van der Waals surface area (Å²) in [4.78, 5) is 0. The number of rotatable bonds is 4. The van der Waals surface area contributed by atoms with Crippen LogP contribution < -0.4 is 5.43 Å². The normalized spacial score (nSPS) is 17.2. The van der Waals surface area contributed by atoms with Crippen molar-refractivity contribution in [3.63, 3.8) is 0 Å². The third-order valence-electron chi connectivity index (χ3n) is 1.62. The Balaban J connectivity index is 2.85. The Morgan fingerprint density at radius 1 is 1.00 bits per heavy atom. The molecule has 0 saturated carbocycles. The van der Waals surface area contributed by atoms with Gasteiger partial charge in [-0.2, -0.15) is 17.6 Å². The van der Waals surface area contributed by atoms with Crippen molar-refractivity contribution >= 4 is 5.71 Å². The lowest BCUT2D eigenvalue weighted by molar-refractivity contribution is 0.00921. The van der Waals surface area contributed by atoms with Gasteiger partial charge in [0.25, 0.3) is 0 Å². The number of hydrogen-bond acceptors (Lipinski definition) is 1. The topological polar surface area (TPSA) is 26.5 Å². The minimum atomic E-state index is -3.97. The van der Waals surface area contributed by atoms with Crippen molar-refractivity contribution in [1.29, 1.82) is 0 Å². The summed E-state index contributed by atoms with van der Waals surface area (Å²) in [5.74, 6) is -7.95. The number of hydrogen-bond donors (Lipinski definition) is 0. The van der Waals surface area contributed by atoms with Gasteiger partial charge in [0.2, 0.25) is 0 Å². The van der Waals surface area contributed by atoms with Gasteiger partial charge in [-0.3, -0.25) is 0 Å². The summed E-state index contributed by atoms with van der Waals surface area (Å²) in [6.07, 6.45) is 0.194. The van der Waals surface area contributed by atoms with Gasteiger partial charge < -0.3 is 0 Å². The molecule has 85 valence electrons. The van der Waals surface area contributed by atoms with Crippen molar-refractivity contribution < 1.29 is 26.3 Å². The molecule has 0 aromatic carbocycles. The van der Waals surface area contributed by atoms with Gasteiger partial charge in [0.1, 0.15) is 11.4 Å². The molecule has 0 aromatic heterocycles. The number of allylic oxidation sites excluding steroid dienone is 2. The van der Waals surface area contributed by atoms with E-state index in [4.69, 9.17) is 0 Å². The molecule has 2 nitrogen and oxygen atoms in total. The maximum absolute atomic E-state index is 12.6. The molecule has 0 saturated heterocycles. The summed E-state index contributed by atoms with van der Waals surface area (Å²) in [7, 11) is 0. The van der Waals surface area contributed by atoms with Crippen LogP contribution in [-0.2, 0) is 0 Å². The summed E-state index contributed by atoms with van der Waals surface area (Å²) >= 11 is 0. The second kappa shape index (κ2) is 3.74. The fourth-order valence-corrected chi connectivity index (χ4v) is 0.789. The fraction of sp³-hybridized carbons (Fsp3) is 0.571. The highest BCUT2D eigenvalue weighted by atomic mass is 19.3. The van der Waals surface area contributed by atoms with Gasteiger partial charge in [0, 0.05) is 0 Å². The molecule has 8 heteroatoms. The fourth-order valence-electron chi connectivity index (χ4n) is 0.789. The quantitative estimate of drug-likeness (QED) is 0.662. The first-order valence-corrected chi connectivity index (χ1v) is 3.72. The zero-order chi connectivity index (χ0) is 11.7. The Kier molecular flexibility index (Phi) is 2.96. The highest BCUT2D eigenvalue weighted by Crippen LogP contribution is 2.29. The van der Waals surface area contributed by atoms with Crippen molar-refractivity contribution in [3.05, 3.63) is 11.8 Å². The largest absolute Gasteiger partial charge is 0.319 e. The summed E-state index contributed by atoms with van der Waals surface area (Å²) < 4.78 is 73.8. The minimum Gasteiger partial charge on any atom is -0.244 e. The molecule has 1 aliphatic heterocycles. The molecule has 15 heavy (non-hydrogen) atoms. The van der Waals surface area contributed by atoms with Gasteiger partial charge in [-0.05, 0) is 6.08 Å². The molecule has 1 rings (SSSR count). The molecule has 0 aliphatic carbocycles. The summed E-state index contributed by atoms with van der Waals surface area (Å²) in [5, 5.41) is 2.69. The first kappa shape index (κ1) is 11.9. The SMILES string of the molecule is FCC(F)(F)C1=CC(C(F)(F)CF)=N[N]1. The highest BCUT2D eigenvalue weighted by molar-refractivity contribution is 6.02. The molecule has 0 N–H and O–H groups in total. The van der Waals surface area contributed by atoms with Gasteiger partial charge in [0.05, 0.1) is 0 Å². The molecule has 0 aromatic rings. The first-order chi connectivity index (χ1) is 6.83. The molecule has 0 amide bonds. The van der Waals surface area contributed by atoms with Crippen LogP contribution in [0.15, 0.2) is 16.9 Å². The smallest absolute Gasteiger partial charge is 0.244 e. The maximum Gasteiger partial charge on any atom is 0.319 e. The van der Waals surface area contributed by atoms with E-state index in [-0.39, 0.29) is 6.08 Å². The predicted molar refractivity (Wildman–Crippen MR) is 39.5 cm³/mol. The van der Waals surface area contributed by atoms with Crippen LogP contribution in [-0.4, -0.2) is 30.9 Å². The van der Waals surface area contributed by atoms with Crippen LogP contribution in [0.25, 0.3) is 0 Å². The average Bonchev–Trinajstić information content (AvgIpc) is 2.67. The standard InChI is InChI=1S/C7H5F6N2/c8-2-6(10,11)4-1-5(15-14-4)7(12,13)3-9/h1H,2-3H2. The molecule has 0 atom stereocenters. The van der Waals surface area contributed by atoms with E-state index in [0.717, 1.165) is 0 Å². The number of halogens is 6. The first-order valence-electron chi connectivity index (χ1n) is 3.72. The average molecular weight is 231 g/mol. The molecule has 0 spiro atoms. The molecular formula is C7H5F6N2. The van der Waals surface area contributed by atoms with Crippen LogP contribution >= 0.6 is 0 Å². The van der Waals surface area contributed by atoms with Gasteiger partial charge in [-0.25, -0.2) is 8.78 Å². The monoisotopic (exact) mass is 231 g/mol. The zero-order valence-electron chi connectivity index (χ0n) is 7.15. The van der Waals surface area contributed by atoms with Crippen LogP contribution in [0, 0.1) is 0 Å². The van der Waals surface area contributed by atoms with Crippen molar-refractivity contribution in [2.45, 2.75) is 11.8 Å². The van der Waals surface area contributed by atoms with Crippen LogP contribution in [0.2, 0.25) is 0 Å². The number of alkyl halides is 6. The Labute approximate surface area is 80.6 Å². The lowest BCUT2D eigenvalue weighted by atomic mass is 10.1. The Morgan fingerprint density at radius 3 is 2.00 bits per heavy atom. The van der Waals surface area contributed by atoms with Gasteiger partial charge >= 0.3 is 11.8 Å². The summed E-state index contributed by atoms with van der Waals surface area (Å²) in [6.45, 7) is -4.15. The van der Waals surface area contributed by atoms with Gasteiger partial charge in [-0.1, -0.05) is 0 Å². The Morgan fingerprint density at radius 2 is 1.53 bits per heavy atom. The molecule has 0 fully saturated rings. The second-order valence-corrected chi connectivity index (χ2v) is 2.79. The third-order valence-corrected chi connectivity index (χ3v) is 1.62. The van der Waals surface area contributed by atoms with E-state index in [0.29, 0.717) is 0 Å². The van der Waals surface area contributed by atoms with Crippen molar-refractivity contribution in [1.82, 2.24) is 5.43 Å². The second-order valence-electron chi connectivity index (χ2n) is 2.79. The van der Waals surface area contributed by atoms with Crippen molar-refractivity contribution in [3.8, 4) is 0 Å². The lowest BCUT2D eigenvalue weighted by Gasteiger charge is -2.10. The van der Waals surface area contributed by atoms with E-state index in [1.54, 1.807) is 0 Å². The Hall–Kier alpha value is -1.21. The van der Waals surface area contributed by atoms with E-state index >= 15 is 0 Å². The molecule has 0 bridgehead atoms. The Bertz CT molecular complexity index is 309. The van der Waals surface area contributed by atoms with E-state index in [1.807, 2.05) is 0 Å². The van der Waals surface area contributed by atoms with E-state index in [9.17, 15) is 26.3 Å². The van der Waals surface area contributed by atoms with E-state index < -0.39 is 36.6 Å². The van der Waals surface area contributed by atoms with Crippen molar-refractivity contribution in [2.24, 2.45) is 5.10 Å². The van der Waals surface area contributed by atoms with Gasteiger partial charge in [0.15, 0.2) is 13.3 Å². The van der Waals surface area contributed by atoms with Crippen LogP contribution in [0.5, 0.6) is 0 Å². The lowest BCUT2D eigenvalue weighted by Crippen LogP contribution is -2.29. The molecular weight excluding hydrogens is 226 g/mol. The highest BCUT2D eigenvalue weighted by Gasteiger charge is 2.44. The number of nitrogens with zero attached hydrogens (tertiary/aromatic N) is 2. The van der Waals surface area contributed by atoms with Gasteiger partial charge in [-0.15, -0.1) is 10.5 Å². The molecule has 1 aliphatic rings. The molecule has 1 radical (unpaired) electrons.